The lowest BCUT2D eigenvalue weighted by atomic mass is 10.0. The molecule has 7 heteroatoms. The Balaban J connectivity index is 1.36. The molecule has 4 aromatic rings. The van der Waals surface area contributed by atoms with Crippen molar-refractivity contribution >= 4 is 29.1 Å². The number of nitrogens with one attached hydrogen (secondary N) is 1. The predicted molar refractivity (Wildman–Crippen MR) is 125 cm³/mol. The Bertz CT molecular complexity index is 1320. The van der Waals surface area contributed by atoms with Crippen LogP contribution in [0.1, 0.15) is 21.7 Å². The van der Waals surface area contributed by atoms with E-state index in [2.05, 4.69) is 5.32 Å². The molecule has 0 saturated heterocycles. The number of ketones is 1. The van der Waals surface area contributed by atoms with Gasteiger partial charge in [0, 0.05) is 40.6 Å². The molecule has 0 spiro atoms. The number of hydrogen-bond donors (Lipinski definition) is 1. The van der Waals surface area contributed by atoms with E-state index >= 15 is 0 Å². The Hall–Kier alpha value is -4.78. The third-order valence-electron chi connectivity index (χ3n) is 4.84. The Morgan fingerprint density at radius 1 is 0.818 bits per heavy atom. The van der Waals surface area contributed by atoms with E-state index in [4.69, 9.17) is 4.42 Å². The Morgan fingerprint density at radius 2 is 1.48 bits per heavy atom. The molecule has 1 aromatic heterocycles. The van der Waals surface area contributed by atoms with Crippen molar-refractivity contribution in [2.75, 3.05) is 5.32 Å². The van der Waals surface area contributed by atoms with Crippen molar-refractivity contribution in [3.05, 3.63) is 124 Å². The molecule has 0 atom stereocenters. The van der Waals surface area contributed by atoms with Crippen molar-refractivity contribution in [2.24, 2.45) is 0 Å². The number of nitro benzene ring substituents is 1. The van der Waals surface area contributed by atoms with E-state index in [0.717, 1.165) is 0 Å². The van der Waals surface area contributed by atoms with Gasteiger partial charge in [0.15, 0.2) is 5.78 Å². The topological polar surface area (TPSA) is 102 Å². The van der Waals surface area contributed by atoms with Crippen LogP contribution in [-0.2, 0) is 4.79 Å². The third-order valence-corrected chi connectivity index (χ3v) is 4.84. The van der Waals surface area contributed by atoms with Crippen LogP contribution in [0.4, 0.5) is 11.4 Å². The average molecular weight is 438 g/mol. The number of furan rings is 1. The van der Waals surface area contributed by atoms with E-state index in [1.54, 1.807) is 60.7 Å². The van der Waals surface area contributed by atoms with Crippen LogP contribution in [-0.4, -0.2) is 16.6 Å². The van der Waals surface area contributed by atoms with Crippen LogP contribution in [0.5, 0.6) is 0 Å². The summed E-state index contributed by atoms with van der Waals surface area (Å²) < 4.78 is 5.68. The molecule has 162 valence electrons. The summed E-state index contributed by atoms with van der Waals surface area (Å²) in [5.74, 6) is 0.548. The molecule has 1 heterocycles. The first-order valence-electron chi connectivity index (χ1n) is 10.0. The fourth-order valence-corrected chi connectivity index (χ4v) is 3.15. The summed E-state index contributed by atoms with van der Waals surface area (Å²) in [5.41, 5.74) is 2.38. The van der Waals surface area contributed by atoms with Gasteiger partial charge in [0.05, 0.1) is 4.92 Å². The summed E-state index contributed by atoms with van der Waals surface area (Å²) in [7, 11) is 0. The zero-order valence-electron chi connectivity index (χ0n) is 17.3. The van der Waals surface area contributed by atoms with Gasteiger partial charge in [-0.15, -0.1) is 0 Å². The standard InChI is InChI=1S/C26H18N2O5/c29-25(27-21-10-6-20(7-11-21)26(30)19-4-2-1-3-5-19)17-15-23-14-16-24(33-23)18-8-12-22(13-9-18)28(31)32/h1-17H,(H,27,29)/b17-15+. The van der Waals surface area contributed by atoms with Crippen molar-refractivity contribution in [3.8, 4) is 11.3 Å². The first-order valence-corrected chi connectivity index (χ1v) is 10.0. The van der Waals surface area contributed by atoms with Gasteiger partial charge in [0.1, 0.15) is 11.5 Å². The van der Waals surface area contributed by atoms with Crippen LogP contribution in [0.2, 0.25) is 0 Å². The highest BCUT2D eigenvalue weighted by molar-refractivity contribution is 6.09. The number of rotatable bonds is 7. The van der Waals surface area contributed by atoms with E-state index in [0.29, 0.717) is 33.9 Å². The highest BCUT2D eigenvalue weighted by Crippen LogP contribution is 2.25. The van der Waals surface area contributed by atoms with E-state index in [1.165, 1.54) is 24.3 Å². The summed E-state index contributed by atoms with van der Waals surface area (Å²) >= 11 is 0. The van der Waals surface area contributed by atoms with Gasteiger partial charge in [-0.05, 0) is 54.6 Å². The molecule has 0 aliphatic heterocycles. The predicted octanol–water partition coefficient (Wildman–Crippen LogP) is 5.74. The molecular formula is C26H18N2O5. The lowest BCUT2D eigenvalue weighted by Crippen LogP contribution is -2.08. The quantitative estimate of drug-likeness (QED) is 0.172. The summed E-state index contributed by atoms with van der Waals surface area (Å²) in [4.78, 5) is 35.0. The number of benzene rings is 3. The van der Waals surface area contributed by atoms with E-state index in [1.807, 2.05) is 18.2 Å². The maximum absolute atomic E-state index is 12.5. The second kappa shape index (κ2) is 9.57. The zero-order valence-corrected chi connectivity index (χ0v) is 17.3. The second-order valence-corrected chi connectivity index (χ2v) is 7.10. The number of carbonyl (C=O) groups excluding carboxylic acids is 2. The molecule has 4 rings (SSSR count). The lowest BCUT2D eigenvalue weighted by molar-refractivity contribution is -0.384. The largest absolute Gasteiger partial charge is 0.457 e. The monoisotopic (exact) mass is 438 g/mol. The number of hydrogen-bond acceptors (Lipinski definition) is 5. The average Bonchev–Trinajstić information content (AvgIpc) is 3.32. The van der Waals surface area contributed by atoms with Crippen molar-refractivity contribution in [2.45, 2.75) is 0 Å². The highest BCUT2D eigenvalue weighted by atomic mass is 16.6. The minimum absolute atomic E-state index is 0.000406. The van der Waals surface area contributed by atoms with Crippen molar-refractivity contribution in [3.63, 3.8) is 0 Å². The number of carbonyl (C=O) groups is 2. The normalized spacial score (nSPS) is 10.8. The van der Waals surface area contributed by atoms with Crippen LogP contribution in [0.3, 0.4) is 0 Å². The molecule has 7 nitrogen and oxygen atoms in total. The molecule has 33 heavy (non-hydrogen) atoms. The van der Waals surface area contributed by atoms with E-state index in [9.17, 15) is 19.7 Å². The van der Waals surface area contributed by atoms with E-state index in [-0.39, 0.29) is 17.4 Å². The third kappa shape index (κ3) is 5.29. The molecule has 3 aromatic carbocycles. The van der Waals surface area contributed by atoms with Gasteiger partial charge in [-0.2, -0.15) is 0 Å². The maximum Gasteiger partial charge on any atom is 0.269 e. The van der Waals surface area contributed by atoms with Crippen molar-refractivity contribution in [1.82, 2.24) is 0 Å². The molecule has 1 N–H and O–H groups in total. The van der Waals surface area contributed by atoms with Gasteiger partial charge in [-0.25, -0.2) is 0 Å². The molecule has 0 fully saturated rings. The number of amides is 1. The highest BCUT2D eigenvalue weighted by Gasteiger charge is 2.10. The van der Waals surface area contributed by atoms with Gasteiger partial charge >= 0.3 is 0 Å². The molecule has 0 saturated carbocycles. The second-order valence-electron chi connectivity index (χ2n) is 7.10. The first kappa shape index (κ1) is 21.5. The van der Waals surface area contributed by atoms with Gasteiger partial charge in [0.2, 0.25) is 5.91 Å². The van der Waals surface area contributed by atoms with Crippen LogP contribution in [0.25, 0.3) is 17.4 Å². The number of non-ortho nitro benzene ring substituents is 1. The van der Waals surface area contributed by atoms with E-state index < -0.39 is 4.92 Å². The number of nitro groups is 1. The summed E-state index contributed by atoms with van der Waals surface area (Å²) in [6.45, 7) is 0. The molecule has 0 radical (unpaired) electrons. The van der Waals surface area contributed by atoms with Crippen molar-refractivity contribution < 1.29 is 18.9 Å². The molecule has 0 unspecified atom stereocenters. The maximum atomic E-state index is 12.5. The summed E-state index contributed by atoms with van der Waals surface area (Å²) in [6, 6.07) is 25.1. The Morgan fingerprint density at radius 3 is 2.15 bits per heavy atom. The Kier molecular flexibility index (Phi) is 6.22. The van der Waals surface area contributed by atoms with Gasteiger partial charge in [-0.3, -0.25) is 19.7 Å². The fourth-order valence-electron chi connectivity index (χ4n) is 3.15. The minimum Gasteiger partial charge on any atom is -0.457 e. The molecule has 0 aliphatic carbocycles. The molecule has 1 amide bonds. The van der Waals surface area contributed by atoms with Crippen LogP contribution in [0.15, 0.2) is 101 Å². The summed E-state index contributed by atoms with van der Waals surface area (Å²) in [5, 5.41) is 13.5. The van der Waals surface area contributed by atoms with Crippen LogP contribution < -0.4 is 5.32 Å². The molecule has 0 aliphatic rings. The van der Waals surface area contributed by atoms with Crippen molar-refractivity contribution in [1.29, 1.82) is 0 Å². The Labute approximate surface area is 189 Å². The SMILES string of the molecule is O=C(/C=C/c1ccc(-c2ccc([N+](=O)[O-])cc2)o1)Nc1ccc(C(=O)c2ccccc2)cc1. The molecular weight excluding hydrogens is 420 g/mol. The first-order chi connectivity index (χ1) is 16.0. The van der Waals surface area contributed by atoms with Gasteiger partial charge in [0.25, 0.3) is 5.69 Å². The fraction of sp³-hybridized carbons (Fsp3) is 0. The lowest BCUT2D eigenvalue weighted by Gasteiger charge is -2.04. The smallest absolute Gasteiger partial charge is 0.269 e. The van der Waals surface area contributed by atoms with Gasteiger partial charge in [-0.1, -0.05) is 30.3 Å². The minimum atomic E-state index is -0.465. The van der Waals surface area contributed by atoms with Crippen LogP contribution >= 0.6 is 0 Å². The van der Waals surface area contributed by atoms with Crippen LogP contribution in [0, 0.1) is 10.1 Å². The zero-order chi connectivity index (χ0) is 23.2. The summed E-state index contributed by atoms with van der Waals surface area (Å²) in [6.07, 6.45) is 2.86. The number of nitrogens with zero attached hydrogens (tertiary/aromatic N) is 1. The van der Waals surface area contributed by atoms with Gasteiger partial charge < -0.3 is 9.73 Å². The molecule has 0 bridgehead atoms. The number of anilines is 1.